The maximum Gasteiger partial charge on any atom is 0.229 e. The standard InChI is InChI=1S/C17H16N4O2S/c1-23-13-5-3-12(4-6-13)14-11-24-16(20-14)8-7-15(22)21-17-18-9-2-10-19-17/h2-6,9-11H,7-8H2,1H3,(H,18,19,21,22). The van der Waals surface area contributed by atoms with E-state index in [0.29, 0.717) is 18.8 Å². The molecule has 0 radical (unpaired) electrons. The molecule has 0 aliphatic rings. The number of carbonyl (C=O) groups is 1. The van der Waals surface area contributed by atoms with Gasteiger partial charge in [0.15, 0.2) is 0 Å². The number of hydrogen-bond acceptors (Lipinski definition) is 6. The van der Waals surface area contributed by atoms with Crippen LogP contribution in [0.1, 0.15) is 11.4 Å². The van der Waals surface area contributed by atoms with Gasteiger partial charge in [-0.25, -0.2) is 15.0 Å². The number of nitrogens with one attached hydrogen (secondary N) is 1. The molecule has 122 valence electrons. The predicted octanol–water partition coefficient (Wildman–Crippen LogP) is 3.18. The molecule has 0 unspecified atom stereocenters. The van der Waals surface area contributed by atoms with Crippen LogP contribution >= 0.6 is 11.3 Å². The molecule has 3 aromatic rings. The average Bonchev–Trinajstić information content (AvgIpc) is 3.10. The van der Waals surface area contributed by atoms with Crippen molar-refractivity contribution in [1.82, 2.24) is 15.0 Å². The van der Waals surface area contributed by atoms with Gasteiger partial charge in [-0.2, -0.15) is 0 Å². The molecule has 0 spiro atoms. The zero-order valence-corrected chi connectivity index (χ0v) is 13.9. The number of thiazole rings is 1. The summed E-state index contributed by atoms with van der Waals surface area (Å²) in [6.45, 7) is 0. The molecule has 0 fully saturated rings. The van der Waals surface area contributed by atoms with Crippen LogP contribution in [-0.4, -0.2) is 28.0 Å². The van der Waals surface area contributed by atoms with Crippen LogP contribution in [0.4, 0.5) is 5.95 Å². The third kappa shape index (κ3) is 4.14. The molecule has 0 saturated heterocycles. The van der Waals surface area contributed by atoms with Crippen LogP contribution in [0.3, 0.4) is 0 Å². The summed E-state index contributed by atoms with van der Waals surface area (Å²) >= 11 is 1.55. The second-order valence-corrected chi connectivity index (χ2v) is 5.92. The second-order valence-electron chi connectivity index (χ2n) is 4.98. The SMILES string of the molecule is COc1ccc(-c2csc(CCC(=O)Nc3ncccn3)n2)cc1. The van der Waals surface area contributed by atoms with Crippen molar-refractivity contribution in [1.29, 1.82) is 0 Å². The number of hydrogen-bond donors (Lipinski definition) is 1. The molecule has 1 amide bonds. The Kier molecular flexibility index (Phi) is 5.12. The zero-order chi connectivity index (χ0) is 16.8. The lowest BCUT2D eigenvalue weighted by molar-refractivity contribution is -0.116. The van der Waals surface area contributed by atoms with Crippen LogP contribution in [-0.2, 0) is 11.2 Å². The number of benzene rings is 1. The number of amides is 1. The highest BCUT2D eigenvalue weighted by Gasteiger charge is 2.08. The van der Waals surface area contributed by atoms with E-state index in [0.717, 1.165) is 22.0 Å². The van der Waals surface area contributed by atoms with E-state index in [1.807, 2.05) is 29.6 Å². The quantitative estimate of drug-likeness (QED) is 0.746. The van der Waals surface area contributed by atoms with E-state index in [9.17, 15) is 4.79 Å². The minimum Gasteiger partial charge on any atom is -0.497 e. The van der Waals surface area contributed by atoms with Crippen LogP contribution in [0.15, 0.2) is 48.1 Å². The molecule has 0 aliphatic carbocycles. The largest absolute Gasteiger partial charge is 0.497 e. The molecule has 1 N–H and O–H groups in total. The number of anilines is 1. The highest BCUT2D eigenvalue weighted by molar-refractivity contribution is 7.09. The van der Waals surface area contributed by atoms with E-state index < -0.39 is 0 Å². The van der Waals surface area contributed by atoms with E-state index >= 15 is 0 Å². The van der Waals surface area contributed by atoms with Gasteiger partial charge in [0.25, 0.3) is 0 Å². The Hall–Kier alpha value is -2.80. The zero-order valence-electron chi connectivity index (χ0n) is 13.1. The molecule has 2 aromatic heterocycles. The molecule has 0 bridgehead atoms. The fourth-order valence-corrected chi connectivity index (χ4v) is 2.90. The third-order valence-electron chi connectivity index (χ3n) is 3.32. The Balaban J connectivity index is 1.56. The monoisotopic (exact) mass is 340 g/mol. The molecule has 2 heterocycles. The van der Waals surface area contributed by atoms with Gasteiger partial charge in [0.1, 0.15) is 5.75 Å². The highest BCUT2D eigenvalue weighted by Crippen LogP contribution is 2.24. The van der Waals surface area contributed by atoms with Gasteiger partial charge in [-0.3, -0.25) is 10.1 Å². The van der Waals surface area contributed by atoms with Crippen LogP contribution in [0.5, 0.6) is 5.75 Å². The maximum absolute atomic E-state index is 11.9. The summed E-state index contributed by atoms with van der Waals surface area (Å²) in [6.07, 6.45) is 4.10. The van der Waals surface area contributed by atoms with Crippen molar-refractivity contribution in [3.8, 4) is 17.0 Å². The first kappa shape index (κ1) is 16.1. The number of ether oxygens (including phenoxy) is 1. The highest BCUT2D eigenvalue weighted by atomic mass is 32.1. The summed E-state index contributed by atoms with van der Waals surface area (Å²) in [4.78, 5) is 24.4. The van der Waals surface area contributed by atoms with E-state index in [1.54, 1.807) is 36.9 Å². The lowest BCUT2D eigenvalue weighted by Gasteiger charge is -2.02. The molecule has 1 aromatic carbocycles. The molecule has 24 heavy (non-hydrogen) atoms. The van der Waals surface area contributed by atoms with Gasteiger partial charge in [0.2, 0.25) is 11.9 Å². The Bertz CT molecular complexity index is 803. The smallest absolute Gasteiger partial charge is 0.229 e. The van der Waals surface area contributed by atoms with Gasteiger partial charge < -0.3 is 4.74 Å². The summed E-state index contributed by atoms with van der Waals surface area (Å²) in [6, 6.07) is 9.45. The van der Waals surface area contributed by atoms with Crippen molar-refractivity contribution in [2.45, 2.75) is 12.8 Å². The molecular formula is C17H16N4O2S. The van der Waals surface area contributed by atoms with Gasteiger partial charge in [-0.05, 0) is 30.3 Å². The van der Waals surface area contributed by atoms with Gasteiger partial charge in [-0.1, -0.05) is 0 Å². The van der Waals surface area contributed by atoms with E-state index in [1.165, 1.54) is 0 Å². The van der Waals surface area contributed by atoms with Crippen LogP contribution in [0.25, 0.3) is 11.3 Å². The van der Waals surface area contributed by atoms with Crippen LogP contribution in [0.2, 0.25) is 0 Å². The first-order valence-electron chi connectivity index (χ1n) is 7.40. The number of nitrogens with zero attached hydrogens (tertiary/aromatic N) is 3. The molecule has 0 atom stereocenters. The minimum absolute atomic E-state index is 0.123. The first-order valence-corrected chi connectivity index (χ1v) is 8.28. The lowest BCUT2D eigenvalue weighted by Crippen LogP contribution is -2.14. The summed E-state index contributed by atoms with van der Waals surface area (Å²) in [5.74, 6) is 1.01. The number of rotatable bonds is 6. The predicted molar refractivity (Wildman–Crippen MR) is 93.1 cm³/mol. The van der Waals surface area contributed by atoms with E-state index in [4.69, 9.17) is 4.74 Å². The molecule has 7 heteroatoms. The van der Waals surface area contributed by atoms with Crippen LogP contribution < -0.4 is 10.1 Å². The lowest BCUT2D eigenvalue weighted by atomic mass is 10.2. The Morgan fingerprint density at radius 3 is 2.67 bits per heavy atom. The third-order valence-corrected chi connectivity index (χ3v) is 4.23. The van der Waals surface area contributed by atoms with Gasteiger partial charge in [0, 0.05) is 36.2 Å². The number of aromatic nitrogens is 3. The summed E-state index contributed by atoms with van der Waals surface area (Å²) < 4.78 is 5.15. The molecule has 0 saturated carbocycles. The maximum atomic E-state index is 11.9. The van der Waals surface area contributed by atoms with E-state index in [-0.39, 0.29) is 5.91 Å². The van der Waals surface area contributed by atoms with Crippen molar-refractivity contribution >= 4 is 23.2 Å². The first-order chi connectivity index (χ1) is 11.7. The molecule has 3 rings (SSSR count). The van der Waals surface area contributed by atoms with Crippen molar-refractivity contribution < 1.29 is 9.53 Å². The topological polar surface area (TPSA) is 77.0 Å². The average molecular weight is 340 g/mol. The normalized spacial score (nSPS) is 10.4. The molecule has 0 aliphatic heterocycles. The van der Waals surface area contributed by atoms with Crippen molar-refractivity contribution in [3.63, 3.8) is 0 Å². The Morgan fingerprint density at radius 1 is 1.21 bits per heavy atom. The minimum atomic E-state index is -0.123. The summed E-state index contributed by atoms with van der Waals surface area (Å²) in [5.41, 5.74) is 1.94. The molecule has 6 nitrogen and oxygen atoms in total. The number of methoxy groups -OCH3 is 1. The summed E-state index contributed by atoms with van der Waals surface area (Å²) in [5, 5.41) is 5.58. The van der Waals surface area contributed by atoms with Crippen molar-refractivity contribution in [3.05, 3.63) is 53.1 Å². The van der Waals surface area contributed by atoms with Crippen molar-refractivity contribution in [2.24, 2.45) is 0 Å². The summed E-state index contributed by atoms with van der Waals surface area (Å²) in [7, 11) is 1.64. The fourth-order valence-electron chi connectivity index (χ4n) is 2.09. The second kappa shape index (κ2) is 7.65. The fraction of sp³-hybridized carbons (Fsp3) is 0.176. The van der Waals surface area contributed by atoms with Gasteiger partial charge in [0.05, 0.1) is 17.8 Å². The van der Waals surface area contributed by atoms with Crippen molar-refractivity contribution in [2.75, 3.05) is 12.4 Å². The number of aryl methyl sites for hydroxylation is 1. The van der Waals surface area contributed by atoms with Gasteiger partial charge in [-0.15, -0.1) is 11.3 Å². The Morgan fingerprint density at radius 2 is 1.96 bits per heavy atom. The Labute approximate surface area is 143 Å². The number of carbonyl (C=O) groups excluding carboxylic acids is 1. The van der Waals surface area contributed by atoms with Gasteiger partial charge >= 0.3 is 0 Å². The molecular weight excluding hydrogens is 324 g/mol. The van der Waals surface area contributed by atoms with E-state index in [2.05, 4.69) is 20.3 Å². The van der Waals surface area contributed by atoms with Crippen LogP contribution in [0, 0.1) is 0 Å².